The van der Waals surface area contributed by atoms with Gasteiger partial charge in [-0.05, 0) is 30.0 Å². The topological polar surface area (TPSA) is 46.3 Å². The number of hydrogen-bond donors (Lipinski definition) is 1. The van der Waals surface area contributed by atoms with Crippen molar-refractivity contribution >= 4 is 18.3 Å². The summed E-state index contributed by atoms with van der Waals surface area (Å²) in [4.78, 5) is 14.4. The summed E-state index contributed by atoms with van der Waals surface area (Å²) in [5.74, 6) is 0.149. The first kappa shape index (κ1) is 19.2. The van der Waals surface area contributed by atoms with Gasteiger partial charge in [-0.3, -0.25) is 4.79 Å². The molecule has 0 aliphatic rings. The first-order valence-corrected chi connectivity index (χ1v) is 7.77. The number of benzene rings is 2. The van der Waals surface area contributed by atoms with Crippen molar-refractivity contribution in [2.75, 3.05) is 19.6 Å². The van der Waals surface area contributed by atoms with Crippen molar-refractivity contribution in [3.63, 3.8) is 0 Å². The number of halogens is 1. The molecular formula is C19H25ClN2O. The summed E-state index contributed by atoms with van der Waals surface area (Å²) in [6, 6.07) is 18.3. The zero-order valence-electron chi connectivity index (χ0n) is 13.6. The molecule has 0 aromatic heterocycles. The van der Waals surface area contributed by atoms with Gasteiger partial charge in [0.25, 0.3) is 0 Å². The Kier molecular flexibility index (Phi) is 8.38. The van der Waals surface area contributed by atoms with Crippen LogP contribution in [-0.4, -0.2) is 30.4 Å². The lowest BCUT2D eigenvalue weighted by Gasteiger charge is -2.22. The molecule has 124 valence electrons. The van der Waals surface area contributed by atoms with E-state index in [-0.39, 0.29) is 18.3 Å². The highest BCUT2D eigenvalue weighted by Gasteiger charge is 2.14. The maximum Gasteiger partial charge on any atom is 0.227 e. The van der Waals surface area contributed by atoms with E-state index in [1.54, 1.807) is 0 Å². The van der Waals surface area contributed by atoms with Gasteiger partial charge in [0.1, 0.15) is 0 Å². The molecule has 0 bridgehead atoms. The van der Waals surface area contributed by atoms with Gasteiger partial charge in [-0.1, -0.05) is 54.6 Å². The smallest absolute Gasteiger partial charge is 0.227 e. The largest absolute Gasteiger partial charge is 0.341 e. The Morgan fingerprint density at radius 2 is 1.65 bits per heavy atom. The summed E-state index contributed by atoms with van der Waals surface area (Å²) >= 11 is 0. The lowest BCUT2D eigenvalue weighted by atomic mass is 10.0. The van der Waals surface area contributed by atoms with Crippen molar-refractivity contribution < 1.29 is 4.79 Å². The molecule has 0 saturated carbocycles. The maximum atomic E-state index is 12.5. The zero-order chi connectivity index (χ0) is 15.8. The van der Waals surface area contributed by atoms with E-state index in [1.165, 1.54) is 5.56 Å². The average molecular weight is 333 g/mol. The Morgan fingerprint density at radius 3 is 2.30 bits per heavy atom. The molecule has 0 fully saturated rings. The molecule has 23 heavy (non-hydrogen) atoms. The van der Waals surface area contributed by atoms with Crippen molar-refractivity contribution in [1.29, 1.82) is 0 Å². The van der Waals surface area contributed by atoms with Gasteiger partial charge in [-0.25, -0.2) is 0 Å². The Morgan fingerprint density at radius 1 is 1.00 bits per heavy atom. The van der Waals surface area contributed by atoms with Gasteiger partial charge >= 0.3 is 0 Å². The number of amides is 1. The molecule has 0 radical (unpaired) electrons. The molecule has 0 spiro atoms. The van der Waals surface area contributed by atoms with Crippen molar-refractivity contribution in [3.8, 4) is 0 Å². The van der Waals surface area contributed by atoms with Crippen LogP contribution in [0.4, 0.5) is 0 Å². The number of aryl methyl sites for hydroxylation is 1. The Bertz CT molecular complexity index is 601. The molecule has 0 aliphatic heterocycles. The normalized spacial score (nSPS) is 10.0. The highest BCUT2D eigenvalue weighted by atomic mass is 35.5. The number of carbonyl (C=O) groups excluding carboxylic acids is 1. The second-order valence-electron chi connectivity index (χ2n) is 5.51. The molecule has 0 atom stereocenters. The molecule has 0 unspecified atom stereocenters. The van der Waals surface area contributed by atoms with E-state index in [1.807, 2.05) is 54.3 Å². The van der Waals surface area contributed by atoms with Crippen LogP contribution in [0.15, 0.2) is 54.6 Å². The van der Waals surface area contributed by atoms with Gasteiger partial charge in [-0.2, -0.15) is 0 Å². The number of nitrogens with zero attached hydrogens (tertiary/aromatic N) is 1. The summed E-state index contributed by atoms with van der Waals surface area (Å²) in [7, 11) is 0. The predicted molar refractivity (Wildman–Crippen MR) is 97.9 cm³/mol. The van der Waals surface area contributed by atoms with Crippen LogP contribution in [0.5, 0.6) is 0 Å². The molecule has 4 heteroatoms. The van der Waals surface area contributed by atoms with Crippen LogP contribution in [0.2, 0.25) is 0 Å². The molecule has 1 amide bonds. The third-order valence-corrected chi connectivity index (χ3v) is 3.87. The lowest BCUT2D eigenvalue weighted by Crippen LogP contribution is -2.38. The molecule has 0 aliphatic carbocycles. The van der Waals surface area contributed by atoms with E-state index in [0.717, 1.165) is 17.5 Å². The van der Waals surface area contributed by atoms with Crippen molar-refractivity contribution in [2.45, 2.75) is 19.8 Å². The van der Waals surface area contributed by atoms with Crippen LogP contribution >= 0.6 is 12.4 Å². The van der Waals surface area contributed by atoms with Crippen LogP contribution in [0.25, 0.3) is 0 Å². The lowest BCUT2D eigenvalue weighted by molar-refractivity contribution is -0.130. The summed E-state index contributed by atoms with van der Waals surface area (Å²) < 4.78 is 0. The highest BCUT2D eigenvalue weighted by Crippen LogP contribution is 2.10. The van der Waals surface area contributed by atoms with Crippen LogP contribution in [0, 0.1) is 6.92 Å². The third-order valence-electron chi connectivity index (χ3n) is 3.87. The standard InChI is InChI=1S/C19H24N2O.ClH/c1-16-7-5-6-10-18(16)15-19(22)21(14-12-20)13-11-17-8-3-2-4-9-17;/h2-10H,11-15,20H2,1H3;1H. The van der Waals surface area contributed by atoms with Crippen molar-refractivity contribution in [1.82, 2.24) is 4.90 Å². The van der Waals surface area contributed by atoms with Crippen LogP contribution in [-0.2, 0) is 17.6 Å². The fourth-order valence-electron chi connectivity index (χ4n) is 2.51. The van der Waals surface area contributed by atoms with Crippen molar-refractivity contribution in [3.05, 3.63) is 71.3 Å². The molecule has 2 aromatic carbocycles. The summed E-state index contributed by atoms with van der Waals surface area (Å²) in [5.41, 5.74) is 9.16. The monoisotopic (exact) mass is 332 g/mol. The second-order valence-corrected chi connectivity index (χ2v) is 5.51. The number of rotatable bonds is 7. The summed E-state index contributed by atoms with van der Waals surface area (Å²) in [5, 5.41) is 0. The zero-order valence-corrected chi connectivity index (χ0v) is 14.4. The highest BCUT2D eigenvalue weighted by molar-refractivity contribution is 5.85. The van der Waals surface area contributed by atoms with E-state index in [4.69, 9.17) is 5.73 Å². The fourth-order valence-corrected chi connectivity index (χ4v) is 2.51. The van der Waals surface area contributed by atoms with Gasteiger partial charge in [0.2, 0.25) is 5.91 Å². The van der Waals surface area contributed by atoms with Gasteiger partial charge in [-0.15, -0.1) is 12.4 Å². The minimum absolute atomic E-state index is 0. The van der Waals surface area contributed by atoms with Gasteiger partial charge in [0.15, 0.2) is 0 Å². The SMILES string of the molecule is Cc1ccccc1CC(=O)N(CCN)CCc1ccccc1.Cl. The Balaban J connectivity index is 0.00000264. The van der Waals surface area contributed by atoms with E-state index in [0.29, 0.717) is 26.1 Å². The van der Waals surface area contributed by atoms with E-state index < -0.39 is 0 Å². The number of hydrogen-bond acceptors (Lipinski definition) is 2. The molecule has 3 nitrogen and oxygen atoms in total. The van der Waals surface area contributed by atoms with Gasteiger partial charge < -0.3 is 10.6 Å². The molecular weight excluding hydrogens is 308 g/mol. The first-order chi connectivity index (χ1) is 10.7. The van der Waals surface area contributed by atoms with E-state index in [9.17, 15) is 4.79 Å². The predicted octanol–water partition coefficient (Wildman–Crippen LogP) is 2.99. The maximum absolute atomic E-state index is 12.5. The molecule has 0 saturated heterocycles. The number of carbonyl (C=O) groups is 1. The second kappa shape index (κ2) is 10.0. The van der Waals surface area contributed by atoms with Gasteiger partial charge in [0, 0.05) is 19.6 Å². The minimum Gasteiger partial charge on any atom is -0.341 e. The van der Waals surface area contributed by atoms with Crippen molar-refractivity contribution in [2.24, 2.45) is 5.73 Å². The third kappa shape index (κ3) is 6.05. The van der Waals surface area contributed by atoms with Crippen LogP contribution < -0.4 is 5.73 Å². The first-order valence-electron chi connectivity index (χ1n) is 7.77. The molecule has 2 rings (SSSR count). The van der Waals surface area contributed by atoms with Crippen LogP contribution in [0.3, 0.4) is 0 Å². The number of nitrogens with two attached hydrogens (primary N) is 1. The molecule has 2 N–H and O–H groups in total. The molecule has 2 aromatic rings. The van der Waals surface area contributed by atoms with E-state index in [2.05, 4.69) is 12.1 Å². The Labute approximate surface area is 144 Å². The Hall–Kier alpha value is -1.84. The fraction of sp³-hybridized carbons (Fsp3) is 0.316. The molecule has 0 heterocycles. The van der Waals surface area contributed by atoms with Gasteiger partial charge in [0.05, 0.1) is 6.42 Å². The summed E-state index contributed by atoms with van der Waals surface area (Å²) in [6.45, 7) is 3.86. The minimum atomic E-state index is 0. The quantitative estimate of drug-likeness (QED) is 0.847. The van der Waals surface area contributed by atoms with E-state index >= 15 is 0 Å². The summed E-state index contributed by atoms with van der Waals surface area (Å²) in [6.07, 6.45) is 1.31. The average Bonchev–Trinajstić information content (AvgIpc) is 2.54. The van der Waals surface area contributed by atoms with Crippen LogP contribution in [0.1, 0.15) is 16.7 Å².